The Balaban J connectivity index is 2.78. The predicted molar refractivity (Wildman–Crippen MR) is 67.2 cm³/mol. The number of hydrogen-bond donors (Lipinski definition) is 2. The molecule has 17 heavy (non-hydrogen) atoms. The zero-order chi connectivity index (χ0) is 12.9. The van der Waals surface area contributed by atoms with E-state index >= 15 is 0 Å². The molecule has 0 aliphatic heterocycles. The molecule has 0 fully saturated rings. The standard InChI is InChI=1S/C9H13N3O3S2/c1-17(14,15)6-5-16-7-3-2-4-11-8(7)9(10)12-13/h2-4,13H,5-6H2,1H3,(H2,10,12). The Bertz CT molecular complexity index is 514. The van der Waals surface area contributed by atoms with Gasteiger partial charge in [-0.2, -0.15) is 0 Å². The van der Waals surface area contributed by atoms with Gasteiger partial charge in [0.2, 0.25) is 0 Å². The van der Waals surface area contributed by atoms with Crippen LogP contribution < -0.4 is 5.73 Å². The van der Waals surface area contributed by atoms with Crippen LogP contribution in [-0.2, 0) is 9.84 Å². The van der Waals surface area contributed by atoms with Gasteiger partial charge in [-0.25, -0.2) is 8.42 Å². The maximum Gasteiger partial charge on any atom is 0.189 e. The fraction of sp³-hybridized carbons (Fsp3) is 0.333. The summed E-state index contributed by atoms with van der Waals surface area (Å²) in [7, 11) is -2.99. The second kappa shape index (κ2) is 5.87. The number of nitrogens with zero attached hydrogens (tertiary/aromatic N) is 2. The van der Waals surface area contributed by atoms with E-state index in [1.807, 2.05) is 0 Å². The van der Waals surface area contributed by atoms with Crippen LogP contribution in [0.1, 0.15) is 5.69 Å². The molecule has 0 saturated carbocycles. The van der Waals surface area contributed by atoms with Gasteiger partial charge in [0.1, 0.15) is 15.5 Å². The summed E-state index contributed by atoms with van der Waals surface area (Å²) in [6, 6.07) is 3.45. The largest absolute Gasteiger partial charge is 0.409 e. The Morgan fingerprint density at radius 2 is 2.35 bits per heavy atom. The third-order valence-electron chi connectivity index (χ3n) is 1.83. The Labute approximate surface area is 104 Å². The van der Waals surface area contributed by atoms with Gasteiger partial charge in [0.25, 0.3) is 0 Å². The van der Waals surface area contributed by atoms with Crippen LogP contribution >= 0.6 is 11.8 Å². The molecule has 0 bridgehead atoms. The quantitative estimate of drug-likeness (QED) is 0.263. The first kappa shape index (κ1) is 13.8. The van der Waals surface area contributed by atoms with Crippen molar-refractivity contribution in [3.8, 4) is 0 Å². The fourth-order valence-electron chi connectivity index (χ4n) is 1.05. The van der Waals surface area contributed by atoms with Gasteiger partial charge in [0.15, 0.2) is 5.84 Å². The van der Waals surface area contributed by atoms with Crippen LogP contribution in [0.15, 0.2) is 28.4 Å². The lowest BCUT2D eigenvalue weighted by Crippen LogP contribution is -2.16. The van der Waals surface area contributed by atoms with Gasteiger partial charge in [-0.3, -0.25) is 4.98 Å². The topological polar surface area (TPSA) is 106 Å². The molecule has 3 N–H and O–H groups in total. The van der Waals surface area contributed by atoms with Crippen LogP contribution in [0.4, 0.5) is 0 Å². The number of pyridine rings is 1. The summed E-state index contributed by atoms with van der Waals surface area (Å²) in [5.41, 5.74) is 5.81. The molecule has 0 aliphatic rings. The summed E-state index contributed by atoms with van der Waals surface area (Å²) in [5.74, 6) is 0.380. The maximum atomic E-state index is 11.0. The molecule has 1 aromatic rings. The van der Waals surface area contributed by atoms with Gasteiger partial charge < -0.3 is 10.9 Å². The number of nitrogens with two attached hydrogens (primary N) is 1. The highest BCUT2D eigenvalue weighted by atomic mass is 32.2. The molecule has 0 atom stereocenters. The fourth-order valence-corrected chi connectivity index (χ4v) is 3.28. The first-order valence-electron chi connectivity index (χ1n) is 4.67. The number of sulfone groups is 1. The van der Waals surface area contributed by atoms with Crippen molar-refractivity contribution in [2.75, 3.05) is 17.8 Å². The SMILES string of the molecule is CS(=O)(=O)CCSc1cccnc1/C(N)=N/O. The minimum atomic E-state index is -2.99. The summed E-state index contributed by atoms with van der Waals surface area (Å²) >= 11 is 1.30. The monoisotopic (exact) mass is 275 g/mol. The van der Waals surface area contributed by atoms with E-state index in [1.165, 1.54) is 24.2 Å². The first-order valence-corrected chi connectivity index (χ1v) is 7.72. The number of rotatable bonds is 5. The lowest BCUT2D eigenvalue weighted by molar-refractivity contribution is 0.318. The smallest absolute Gasteiger partial charge is 0.189 e. The second-order valence-corrected chi connectivity index (χ2v) is 6.71. The Morgan fingerprint density at radius 1 is 1.65 bits per heavy atom. The molecule has 6 nitrogen and oxygen atoms in total. The van der Waals surface area contributed by atoms with E-state index in [0.717, 1.165) is 0 Å². The van der Waals surface area contributed by atoms with E-state index in [4.69, 9.17) is 10.9 Å². The molecule has 0 spiro atoms. The minimum Gasteiger partial charge on any atom is -0.409 e. The zero-order valence-corrected chi connectivity index (χ0v) is 10.8. The molecule has 1 rings (SSSR count). The summed E-state index contributed by atoms with van der Waals surface area (Å²) in [6.07, 6.45) is 2.70. The van der Waals surface area contributed by atoms with E-state index < -0.39 is 9.84 Å². The van der Waals surface area contributed by atoms with Gasteiger partial charge >= 0.3 is 0 Å². The first-order chi connectivity index (χ1) is 7.94. The molecule has 0 aliphatic carbocycles. The summed E-state index contributed by atoms with van der Waals surface area (Å²) in [4.78, 5) is 4.66. The van der Waals surface area contributed by atoms with Crippen molar-refractivity contribution in [1.82, 2.24) is 4.98 Å². The number of thioether (sulfide) groups is 1. The molecule has 8 heteroatoms. The van der Waals surface area contributed by atoms with Gasteiger partial charge in [-0.1, -0.05) is 5.16 Å². The van der Waals surface area contributed by atoms with Crippen molar-refractivity contribution < 1.29 is 13.6 Å². The molecular formula is C9H13N3O3S2. The molecular weight excluding hydrogens is 262 g/mol. The van der Waals surface area contributed by atoms with Gasteiger partial charge in [0, 0.05) is 23.1 Å². The third-order valence-corrected chi connectivity index (χ3v) is 4.09. The molecule has 0 saturated heterocycles. The van der Waals surface area contributed by atoms with Gasteiger partial charge in [-0.05, 0) is 12.1 Å². The number of amidine groups is 1. The van der Waals surface area contributed by atoms with Crippen LogP contribution in [0.2, 0.25) is 0 Å². The Kier molecular flexibility index (Phi) is 4.76. The number of hydrogen-bond acceptors (Lipinski definition) is 6. The van der Waals surface area contributed by atoms with Crippen molar-refractivity contribution in [2.45, 2.75) is 4.90 Å². The highest BCUT2D eigenvalue weighted by Gasteiger charge is 2.10. The molecule has 1 aromatic heterocycles. The van der Waals surface area contributed by atoms with Crippen LogP contribution in [0.5, 0.6) is 0 Å². The second-order valence-electron chi connectivity index (χ2n) is 3.31. The molecule has 0 radical (unpaired) electrons. The summed E-state index contributed by atoms with van der Waals surface area (Å²) < 4.78 is 22.0. The molecule has 0 unspecified atom stereocenters. The van der Waals surface area contributed by atoms with E-state index in [1.54, 1.807) is 12.1 Å². The van der Waals surface area contributed by atoms with E-state index in [2.05, 4.69) is 10.1 Å². The maximum absolute atomic E-state index is 11.0. The molecule has 1 heterocycles. The average Bonchev–Trinajstić information content (AvgIpc) is 2.27. The Hall–Kier alpha value is -1.28. The Morgan fingerprint density at radius 3 is 2.94 bits per heavy atom. The lowest BCUT2D eigenvalue weighted by atomic mass is 10.3. The van der Waals surface area contributed by atoms with Crippen molar-refractivity contribution in [3.05, 3.63) is 24.0 Å². The van der Waals surface area contributed by atoms with E-state index in [-0.39, 0.29) is 11.6 Å². The van der Waals surface area contributed by atoms with Crippen LogP contribution in [0.25, 0.3) is 0 Å². The van der Waals surface area contributed by atoms with Crippen molar-refractivity contribution in [1.29, 1.82) is 0 Å². The molecule has 0 amide bonds. The highest BCUT2D eigenvalue weighted by molar-refractivity contribution is 8.00. The van der Waals surface area contributed by atoms with Gasteiger partial charge in [-0.15, -0.1) is 11.8 Å². The summed E-state index contributed by atoms with van der Waals surface area (Å²) in [6.45, 7) is 0. The predicted octanol–water partition coefficient (Wildman–Crippen LogP) is 0.313. The number of oxime groups is 1. The van der Waals surface area contributed by atoms with E-state index in [9.17, 15) is 8.42 Å². The van der Waals surface area contributed by atoms with Crippen LogP contribution in [-0.4, -0.2) is 42.2 Å². The van der Waals surface area contributed by atoms with Crippen molar-refractivity contribution in [3.63, 3.8) is 0 Å². The van der Waals surface area contributed by atoms with E-state index in [0.29, 0.717) is 16.3 Å². The van der Waals surface area contributed by atoms with Crippen LogP contribution in [0, 0.1) is 0 Å². The normalized spacial score (nSPS) is 12.6. The van der Waals surface area contributed by atoms with Gasteiger partial charge in [0.05, 0.1) is 5.75 Å². The molecule has 0 aromatic carbocycles. The van der Waals surface area contributed by atoms with Crippen LogP contribution in [0.3, 0.4) is 0 Å². The summed E-state index contributed by atoms with van der Waals surface area (Å²) in [5, 5.41) is 11.5. The lowest BCUT2D eigenvalue weighted by Gasteiger charge is -2.05. The average molecular weight is 275 g/mol. The zero-order valence-electron chi connectivity index (χ0n) is 9.20. The van der Waals surface area contributed by atoms with Crippen molar-refractivity contribution in [2.24, 2.45) is 10.9 Å². The third kappa shape index (κ3) is 4.61. The minimum absolute atomic E-state index is 0.0716. The number of aromatic nitrogens is 1. The highest BCUT2D eigenvalue weighted by Crippen LogP contribution is 2.20. The van der Waals surface area contributed by atoms with Crippen molar-refractivity contribution >= 4 is 27.4 Å². The molecule has 94 valence electrons.